The van der Waals surface area contributed by atoms with Crippen LogP contribution in [-0.4, -0.2) is 77.5 Å². The van der Waals surface area contributed by atoms with E-state index in [4.69, 9.17) is 14.7 Å². The number of anilines is 1. The second kappa shape index (κ2) is 9.81. The number of hydrogen-bond donors (Lipinski definition) is 0. The zero-order valence-electron chi connectivity index (χ0n) is 19.3. The number of ether oxygens (including phenoxy) is 1. The molecule has 3 heterocycles. The lowest BCUT2D eigenvalue weighted by molar-refractivity contribution is -0.148. The van der Waals surface area contributed by atoms with Crippen LogP contribution in [0, 0.1) is 6.92 Å². The van der Waals surface area contributed by atoms with Crippen LogP contribution in [0.5, 0.6) is 0 Å². The highest BCUT2D eigenvalue weighted by atomic mass is 16.5. The predicted octanol–water partition coefficient (Wildman–Crippen LogP) is 2.52. The monoisotopic (exact) mass is 439 g/mol. The fraction of sp³-hybridized carbons (Fsp3) is 0.583. The summed E-state index contributed by atoms with van der Waals surface area (Å²) >= 11 is 0. The van der Waals surface area contributed by atoms with E-state index < -0.39 is 0 Å². The number of benzene rings is 1. The van der Waals surface area contributed by atoms with Crippen LogP contribution in [0.4, 0.5) is 5.82 Å². The summed E-state index contributed by atoms with van der Waals surface area (Å²) in [5, 5.41) is 1.04. The van der Waals surface area contributed by atoms with Crippen LogP contribution in [0.2, 0.25) is 0 Å². The first-order valence-corrected chi connectivity index (χ1v) is 11.6. The molecule has 8 nitrogen and oxygen atoms in total. The van der Waals surface area contributed by atoms with Crippen LogP contribution in [0.3, 0.4) is 0 Å². The zero-order chi connectivity index (χ0) is 22.7. The second-order valence-electron chi connectivity index (χ2n) is 8.79. The molecule has 32 heavy (non-hydrogen) atoms. The van der Waals surface area contributed by atoms with Crippen molar-refractivity contribution in [2.75, 3.05) is 44.7 Å². The Hall–Kier alpha value is -2.74. The summed E-state index contributed by atoms with van der Waals surface area (Å²) in [6.45, 7) is 8.11. The van der Waals surface area contributed by atoms with Crippen molar-refractivity contribution in [3.63, 3.8) is 0 Å². The van der Waals surface area contributed by atoms with Gasteiger partial charge in [-0.25, -0.2) is 9.97 Å². The topological polar surface area (TPSA) is 78.9 Å². The van der Waals surface area contributed by atoms with E-state index in [9.17, 15) is 9.59 Å². The van der Waals surface area contributed by atoms with Crippen molar-refractivity contribution >= 4 is 28.6 Å². The molecule has 4 rings (SSSR count). The maximum Gasteiger partial charge on any atom is 0.323 e. The molecule has 2 aromatic rings. The number of carbonyl (C=O) groups excluding carboxylic acids is 2. The number of para-hydroxylation sites is 1. The third kappa shape index (κ3) is 4.70. The molecule has 1 aromatic carbocycles. The summed E-state index contributed by atoms with van der Waals surface area (Å²) < 4.78 is 5.05. The van der Waals surface area contributed by atoms with Crippen LogP contribution in [-0.2, 0) is 20.9 Å². The summed E-state index contributed by atoms with van der Waals surface area (Å²) in [6.07, 6.45) is 3.79. The van der Waals surface area contributed by atoms with E-state index in [1.807, 2.05) is 11.0 Å². The molecule has 2 aliphatic heterocycles. The average Bonchev–Trinajstić information content (AvgIpc) is 3.05. The summed E-state index contributed by atoms with van der Waals surface area (Å²) in [6, 6.07) is 5.95. The number of aryl methyl sites for hydroxylation is 1. The summed E-state index contributed by atoms with van der Waals surface area (Å²) in [7, 11) is 1.45. The van der Waals surface area contributed by atoms with Gasteiger partial charge in [0.2, 0.25) is 5.91 Å². The Morgan fingerprint density at radius 3 is 2.69 bits per heavy atom. The first kappa shape index (κ1) is 22.5. The molecule has 1 amide bonds. The lowest BCUT2D eigenvalue weighted by atomic mass is 10.0. The summed E-state index contributed by atoms with van der Waals surface area (Å²) in [4.78, 5) is 40.5. The molecule has 0 unspecified atom stereocenters. The number of rotatable bonds is 4. The number of aromatic nitrogens is 2. The molecule has 172 valence electrons. The molecule has 8 heteroatoms. The van der Waals surface area contributed by atoms with Gasteiger partial charge in [0.25, 0.3) is 0 Å². The van der Waals surface area contributed by atoms with Gasteiger partial charge in [-0.2, -0.15) is 0 Å². The van der Waals surface area contributed by atoms with Crippen LogP contribution < -0.4 is 4.90 Å². The number of nitrogens with zero attached hydrogens (tertiary/aromatic N) is 5. The van der Waals surface area contributed by atoms with Crippen LogP contribution in [0.1, 0.15) is 44.0 Å². The first-order chi connectivity index (χ1) is 15.5. The van der Waals surface area contributed by atoms with E-state index in [0.29, 0.717) is 13.1 Å². The van der Waals surface area contributed by atoms with E-state index in [-0.39, 0.29) is 17.9 Å². The minimum Gasteiger partial charge on any atom is -0.468 e. The lowest BCUT2D eigenvalue weighted by Gasteiger charge is -2.33. The van der Waals surface area contributed by atoms with Gasteiger partial charge in [0.05, 0.1) is 19.2 Å². The molecule has 2 aliphatic rings. The molecule has 0 bridgehead atoms. The van der Waals surface area contributed by atoms with Crippen molar-refractivity contribution in [1.29, 1.82) is 0 Å². The molecule has 0 radical (unpaired) electrons. The van der Waals surface area contributed by atoms with Crippen molar-refractivity contribution in [3.8, 4) is 0 Å². The highest BCUT2D eigenvalue weighted by Gasteiger charge is 2.30. The fourth-order valence-electron chi connectivity index (χ4n) is 4.85. The van der Waals surface area contributed by atoms with Gasteiger partial charge in [-0.15, -0.1) is 0 Å². The molecule has 2 saturated heterocycles. The third-order valence-electron chi connectivity index (χ3n) is 6.63. The van der Waals surface area contributed by atoms with Gasteiger partial charge in [-0.1, -0.05) is 18.6 Å². The van der Waals surface area contributed by atoms with Crippen molar-refractivity contribution < 1.29 is 14.3 Å². The second-order valence-corrected chi connectivity index (χ2v) is 8.79. The number of fused-ring (bicyclic) bond motifs is 1. The van der Waals surface area contributed by atoms with Gasteiger partial charge in [0, 0.05) is 38.5 Å². The highest BCUT2D eigenvalue weighted by molar-refractivity contribution is 5.91. The van der Waals surface area contributed by atoms with Crippen molar-refractivity contribution in [1.82, 2.24) is 19.8 Å². The van der Waals surface area contributed by atoms with Gasteiger partial charge in [-0.05, 0) is 44.4 Å². The maximum atomic E-state index is 12.3. The van der Waals surface area contributed by atoms with Crippen molar-refractivity contribution in [2.24, 2.45) is 0 Å². The maximum absolute atomic E-state index is 12.3. The van der Waals surface area contributed by atoms with E-state index in [2.05, 4.69) is 28.9 Å². The highest BCUT2D eigenvalue weighted by Crippen LogP contribution is 2.28. The fourth-order valence-corrected chi connectivity index (χ4v) is 4.85. The van der Waals surface area contributed by atoms with Gasteiger partial charge >= 0.3 is 5.97 Å². The minimum atomic E-state index is -0.240. The van der Waals surface area contributed by atoms with Gasteiger partial charge < -0.3 is 14.5 Å². The Bertz CT molecular complexity index is 995. The number of hydrogen-bond acceptors (Lipinski definition) is 7. The predicted molar refractivity (Wildman–Crippen MR) is 123 cm³/mol. The Morgan fingerprint density at radius 1 is 1.06 bits per heavy atom. The largest absolute Gasteiger partial charge is 0.468 e. The number of piperidine rings is 1. The summed E-state index contributed by atoms with van der Waals surface area (Å²) in [5.74, 6) is 1.59. The van der Waals surface area contributed by atoms with E-state index in [1.165, 1.54) is 7.11 Å². The van der Waals surface area contributed by atoms with Crippen LogP contribution in [0.25, 0.3) is 10.9 Å². The molecule has 1 atom stereocenters. The third-order valence-corrected chi connectivity index (χ3v) is 6.63. The van der Waals surface area contributed by atoms with E-state index in [1.54, 1.807) is 6.92 Å². The van der Waals surface area contributed by atoms with Gasteiger partial charge in [0.1, 0.15) is 17.7 Å². The Balaban J connectivity index is 1.68. The quantitative estimate of drug-likeness (QED) is 0.678. The SMILES string of the molecule is COC(=O)[C@@H]1CCCCN1Cc1nc(N2CCCN(C(C)=O)CC2)c2cccc(C)c2n1. The smallest absolute Gasteiger partial charge is 0.323 e. The van der Waals surface area contributed by atoms with E-state index >= 15 is 0 Å². The van der Waals surface area contributed by atoms with Crippen molar-refractivity contribution in [2.45, 2.75) is 52.1 Å². The lowest BCUT2D eigenvalue weighted by Crippen LogP contribution is -2.45. The first-order valence-electron chi connectivity index (χ1n) is 11.6. The molecule has 2 fully saturated rings. The molecular weight excluding hydrogens is 406 g/mol. The summed E-state index contributed by atoms with van der Waals surface area (Å²) in [5.41, 5.74) is 2.06. The van der Waals surface area contributed by atoms with Gasteiger partial charge in [-0.3, -0.25) is 14.5 Å². The Kier molecular flexibility index (Phi) is 6.89. The van der Waals surface area contributed by atoms with Crippen LogP contribution >= 0.6 is 0 Å². The zero-order valence-corrected chi connectivity index (χ0v) is 19.3. The minimum absolute atomic E-state index is 0.120. The normalized spacial score (nSPS) is 20.3. The molecule has 0 aliphatic carbocycles. The molecular formula is C24H33N5O3. The van der Waals surface area contributed by atoms with Crippen LogP contribution in [0.15, 0.2) is 18.2 Å². The number of carbonyl (C=O) groups is 2. The molecule has 1 aromatic heterocycles. The number of amides is 1. The van der Waals surface area contributed by atoms with E-state index in [0.717, 1.165) is 80.0 Å². The number of esters is 1. The molecule has 0 spiro atoms. The number of likely N-dealkylation sites (tertiary alicyclic amines) is 1. The number of methoxy groups -OCH3 is 1. The molecule has 0 saturated carbocycles. The standard InChI is InChI=1S/C24H33N5O3/c1-17-8-6-9-19-22(17)25-21(16-29-11-5-4-10-20(29)24(31)32-3)26-23(19)28-13-7-12-27(14-15-28)18(2)30/h6,8-9,20H,4-5,7,10-16H2,1-3H3/t20-/m0/s1. The molecule has 0 N–H and O–H groups in total. The Labute approximate surface area is 189 Å². The van der Waals surface area contributed by atoms with Gasteiger partial charge in [0.15, 0.2) is 0 Å². The van der Waals surface area contributed by atoms with Crippen molar-refractivity contribution in [3.05, 3.63) is 29.6 Å². The average molecular weight is 440 g/mol. The Morgan fingerprint density at radius 2 is 1.91 bits per heavy atom.